The molecule has 0 unspecified atom stereocenters. The van der Waals surface area contributed by atoms with Crippen molar-refractivity contribution in [3.8, 4) is 28.4 Å². The van der Waals surface area contributed by atoms with Gasteiger partial charge in [-0.1, -0.05) is 81.1 Å². The summed E-state index contributed by atoms with van der Waals surface area (Å²) in [4.78, 5) is 0. The highest BCUT2D eigenvalue weighted by atomic mass is 16.5. The number of para-hydroxylation sites is 2. The number of rotatable bonds is 16. The lowest BCUT2D eigenvalue weighted by Crippen LogP contribution is -2.29. The molecule has 0 aromatic heterocycles. The van der Waals surface area contributed by atoms with Crippen LogP contribution in [0.25, 0.3) is 11.1 Å². The Morgan fingerprint density at radius 2 is 1.26 bits per heavy atom. The molecule has 0 amide bonds. The number of unbranched alkanes of at least 4 members (excludes halogenated alkanes) is 5. The van der Waals surface area contributed by atoms with E-state index < -0.39 is 0 Å². The molecule has 0 radical (unpaired) electrons. The summed E-state index contributed by atoms with van der Waals surface area (Å²) >= 11 is 0. The number of hydrazine groups is 2. The van der Waals surface area contributed by atoms with Crippen molar-refractivity contribution in [1.29, 1.82) is 0 Å². The topological polar surface area (TPSA) is 66.0 Å². The van der Waals surface area contributed by atoms with Gasteiger partial charge in [-0.05, 0) is 116 Å². The highest BCUT2D eigenvalue weighted by Crippen LogP contribution is 2.39. The number of hydrogen-bond acceptors (Lipinski definition) is 6. The third-order valence-corrected chi connectivity index (χ3v) is 9.79. The molecule has 6 heteroatoms. The minimum Gasteiger partial charge on any atom is -0.505 e. The molecule has 0 bridgehead atoms. The van der Waals surface area contributed by atoms with Gasteiger partial charge in [-0.25, -0.2) is 0 Å². The number of phenols is 1. The SMILES string of the molecule is CCCCCC1CCC(c2ccc(-c3ccc(OCCCCCCOc4ccc(N5Nc6ccccc6N5)c(O)c4)cc3)cc2)CC1. The van der Waals surface area contributed by atoms with Crippen LogP contribution in [0.15, 0.2) is 91.0 Å². The standard InChI is InChI=1S/C41H51N3O3/c1-2-3-6-11-31-14-16-32(17-15-31)33-18-20-34(21-19-33)35-22-24-36(25-23-35)46-28-9-4-5-10-29-47-37-26-27-40(41(45)30-37)44-42-38-12-7-8-13-39(38)43-44/h7-8,12-13,18-27,30-32,42-43,45H,2-6,9-11,14-17,28-29H2,1H3. The number of anilines is 3. The van der Waals surface area contributed by atoms with E-state index in [0.717, 1.165) is 54.6 Å². The summed E-state index contributed by atoms with van der Waals surface area (Å²) in [6.45, 7) is 3.63. The van der Waals surface area contributed by atoms with Crippen molar-refractivity contribution >= 4 is 17.1 Å². The van der Waals surface area contributed by atoms with Gasteiger partial charge in [-0.2, -0.15) is 5.12 Å². The lowest BCUT2D eigenvalue weighted by atomic mass is 9.77. The van der Waals surface area contributed by atoms with Gasteiger partial charge in [0.1, 0.15) is 22.9 Å². The molecule has 6 rings (SSSR count). The second-order valence-electron chi connectivity index (χ2n) is 13.2. The number of phenolic OH excluding ortho intramolecular Hbond substituents is 1. The smallest absolute Gasteiger partial charge is 0.146 e. The van der Waals surface area contributed by atoms with Gasteiger partial charge >= 0.3 is 0 Å². The predicted octanol–water partition coefficient (Wildman–Crippen LogP) is 11.1. The van der Waals surface area contributed by atoms with Crippen LogP contribution in [0.5, 0.6) is 17.2 Å². The van der Waals surface area contributed by atoms with E-state index in [0.29, 0.717) is 24.7 Å². The number of nitrogens with zero attached hydrogens (tertiary/aromatic N) is 1. The summed E-state index contributed by atoms with van der Waals surface area (Å²) in [7, 11) is 0. The summed E-state index contributed by atoms with van der Waals surface area (Å²) in [5.41, 5.74) is 13.1. The molecule has 0 saturated heterocycles. The molecular formula is C41H51N3O3. The van der Waals surface area contributed by atoms with Crippen LogP contribution in [0.3, 0.4) is 0 Å². The van der Waals surface area contributed by atoms with Crippen LogP contribution in [-0.2, 0) is 0 Å². The Balaban J connectivity index is 0.841. The lowest BCUT2D eigenvalue weighted by Gasteiger charge is -2.29. The number of hydrogen-bond donors (Lipinski definition) is 3. The monoisotopic (exact) mass is 633 g/mol. The summed E-state index contributed by atoms with van der Waals surface area (Å²) in [5, 5.41) is 12.3. The van der Waals surface area contributed by atoms with Crippen LogP contribution in [0.1, 0.15) is 95.5 Å². The second-order valence-corrected chi connectivity index (χ2v) is 13.2. The molecular weight excluding hydrogens is 582 g/mol. The molecule has 248 valence electrons. The molecule has 1 aliphatic carbocycles. The van der Waals surface area contributed by atoms with Crippen LogP contribution >= 0.6 is 0 Å². The number of nitrogens with one attached hydrogen (secondary N) is 2. The molecule has 4 aromatic rings. The number of benzene rings is 4. The molecule has 0 atom stereocenters. The van der Waals surface area contributed by atoms with E-state index in [9.17, 15) is 5.11 Å². The zero-order valence-corrected chi connectivity index (χ0v) is 27.9. The molecule has 3 N–H and O–H groups in total. The average molecular weight is 634 g/mol. The Labute approximate surface area is 281 Å². The van der Waals surface area contributed by atoms with Crippen molar-refractivity contribution in [3.63, 3.8) is 0 Å². The van der Waals surface area contributed by atoms with E-state index in [1.165, 1.54) is 68.1 Å². The maximum absolute atomic E-state index is 10.6. The van der Waals surface area contributed by atoms with Gasteiger partial charge in [-0.15, -0.1) is 0 Å². The van der Waals surface area contributed by atoms with E-state index in [-0.39, 0.29) is 5.75 Å². The van der Waals surface area contributed by atoms with Crippen LogP contribution < -0.4 is 25.4 Å². The average Bonchev–Trinajstić information content (AvgIpc) is 3.54. The van der Waals surface area contributed by atoms with E-state index in [4.69, 9.17) is 9.47 Å². The highest BCUT2D eigenvalue weighted by molar-refractivity contribution is 5.80. The fourth-order valence-electron chi connectivity index (χ4n) is 6.95. The Morgan fingerprint density at radius 1 is 0.660 bits per heavy atom. The highest BCUT2D eigenvalue weighted by Gasteiger charge is 2.22. The maximum atomic E-state index is 10.6. The second kappa shape index (κ2) is 16.5. The fourth-order valence-corrected chi connectivity index (χ4v) is 6.95. The molecule has 0 spiro atoms. The van der Waals surface area contributed by atoms with Crippen LogP contribution in [0.2, 0.25) is 0 Å². The minimum absolute atomic E-state index is 0.152. The summed E-state index contributed by atoms with van der Waals surface area (Å²) in [5.74, 6) is 3.44. The van der Waals surface area contributed by atoms with Crippen LogP contribution in [-0.4, -0.2) is 18.3 Å². The van der Waals surface area contributed by atoms with Crippen molar-refractivity contribution in [1.82, 2.24) is 0 Å². The van der Waals surface area contributed by atoms with Gasteiger partial charge in [0, 0.05) is 6.07 Å². The Kier molecular flexibility index (Phi) is 11.4. The number of ether oxygens (including phenoxy) is 2. The molecule has 1 aliphatic heterocycles. The first-order chi connectivity index (χ1) is 23.2. The van der Waals surface area contributed by atoms with Gasteiger partial charge < -0.3 is 14.6 Å². The van der Waals surface area contributed by atoms with E-state index in [1.807, 2.05) is 36.4 Å². The number of fused-ring (bicyclic) bond motifs is 1. The predicted molar refractivity (Wildman–Crippen MR) is 194 cm³/mol. The van der Waals surface area contributed by atoms with Crippen LogP contribution in [0.4, 0.5) is 17.1 Å². The zero-order chi connectivity index (χ0) is 32.3. The zero-order valence-electron chi connectivity index (χ0n) is 27.9. The van der Waals surface area contributed by atoms with E-state index in [1.54, 1.807) is 11.2 Å². The molecule has 6 nitrogen and oxygen atoms in total. The van der Waals surface area contributed by atoms with Crippen molar-refractivity contribution in [2.24, 2.45) is 5.92 Å². The normalized spacial score (nSPS) is 17.1. The van der Waals surface area contributed by atoms with Gasteiger partial charge in [0.05, 0.1) is 24.6 Å². The summed E-state index contributed by atoms with van der Waals surface area (Å²) in [6.07, 6.45) is 15.2. The van der Waals surface area contributed by atoms with Crippen molar-refractivity contribution in [3.05, 3.63) is 96.6 Å². The minimum atomic E-state index is 0.152. The van der Waals surface area contributed by atoms with E-state index >= 15 is 0 Å². The van der Waals surface area contributed by atoms with Crippen molar-refractivity contribution in [2.75, 3.05) is 29.2 Å². The van der Waals surface area contributed by atoms with Gasteiger partial charge in [0.25, 0.3) is 0 Å². The first-order valence-corrected chi connectivity index (χ1v) is 17.9. The van der Waals surface area contributed by atoms with Crippen molar-refractivity contribution < 1.29 is 14.6 Å². The molecule has 4 aromatic carbocycles. The summed E-state index contributed by atoms with van der Waals surface area (Å²) < 4.78 is 11.9. The largest absolute Gasteiger partial charge is 0.505 e. The number of aromatic hydroxyl groups is 1. The first-order valence-electron chi connectivity index (χ1n) is 17.9. The molecule has 47 heavy (non-hydrogen) atoms. The Hall–Kier alpha value is -4.32. The molecule has 1 fully saturated rings. The van der Waals surface area contributed by atoms with Gasteiger partial charge in [-0.3, -0.25) is 10.9 Å². The van der Waals surface area contributed by atoms with Crippen molar-refractivity contribution in [2.45, 2.75) is 89.9 Å². The first kappa shape index (κ1) is 32.6. The molecule has 1 heterocycles. The molecule has 2 aliphatic rings. The van der Waals surface area contributed by atoms with Crippen LogP contribution in [0, 0.1) is 5.92 Å². The quantitative estimate of drug-likeness (QED) is 0.107. The third kappa shape index (κ3) is 8.94. The summed E-state index contributed by atoms with van der Waals surface area (Å²) in [6, 6.07) is 31.1. The Morgan fingerprint density at radius 3 is 1.87 bits per heavy atom. The van der Waals surface area contributed by atoms with Gasteiger partial charge in [0.2, 0.25) is 0 Å². The molecule has 1 saturated carbocycles. The lowest BCUT2D eigenvalue weighted by molar-refractivity contribution is 0.287. The third-order valence-electron chi connectivity index (χ3n) is 9.79. The fraction of sp³-hybridized carbons (Fsp3) is 0.415. The Bertz CT molecular complexity index is 1510. The maximum Gasteiger partial charge on any atom is 0.146 e. The van der Waals surface area contributed by atoms with E-state index in [2.05, 4.69) is 66.3 Å². The van der Waals surface area contributed by atoms with Gasteiger partial charge in [0.15, 0.2) is 0 Å².